The van der Waals surface area contributed by atoms with Crippen LogP contribution in [0.4, 0.5) is 0 Å². The molecule has 0 saturated carbocycles. The molecule has 0 aliphatic carbocycles. The van der Waals surface area contributed by atoms with Gasteiger partial charge in [0.15, 0.2) is 0 Å². The van der Waals surface area contributed by atoms with Crippen molar-refractivity contribution in [3.63, 3.8) is 0 Å². The van der Waals surface area contributed by atoms with Crippen LogP contribution in [0.15, 0.2) is 41.4 Å². The first kappa shape index (κ1) is 16.3. The van der Waals surface area contributed by atoms with Crippen LogP contribution >= 0.6 is 23.4 Å². The molecule has 0 amide bonds. The van der Waals surface area contributed by atoms with Crippen LogP contribution < -0.4 is 5.32 Å². The van der Waals surface area contributed by atoms with Crippen molar-refractivity contribution in [3.8, 4) is 0 Å². The van der Waals surface area contributed by atoms with E-state index in [4.69, 9.17) is 11.6 Å². The molecule has 1 aromatic carbocycles. The van der Waals surface area contributed by atoms with Gasteiger partial charge in [0, 0.05) is 16.8 Å². The second-order valence-corrected chi connectivity index (χ2v) is 6.27. The lowest BCUT2D eigenvalue weighted by atomic mass is 10.0. The lowest BCUT2D eigenvalue weighted by Crippen LogP contribution is -2.16. The SMILES string of the molecule is C.Clc1ccc2c(c1SCc1ccccn1)CCNCC2. The summed E-state index contributed by atoms with van der Waals surface area (Å²) in [6.45, 7) is 2.09. The summed E-state index contributed by atoms with van der Waals surface area (Å²) in [5.41, 5.74) is 3.95. The van der Waals surface area contributed by atoms with Gasteiger partial charge in [-0.1, -0.05) is 31.2 Å². The zero-order chi connectivity index (χ0) is 13.8. The van der Waals surface area contributed by atoms with Crippen molar-refractivity contribution in [2.45, 2.75) is 30.9 Å². The summed E-state index contributed by atoms with van der Waals surface area (Å²) >= 11 is 8.22. The molecule has 21 heavy (non-hydrogen) atoms. The average Bonchev–Trinajstić information content (AvgIpc) is 2.73. The Labute approximate surface area is 136 Å². The number of hydrogen-bond donors (Lipinski definition) is 1. The van der Waals surface area contributed by atoms with Gasteiger partial charge in [-0.2, -0.15) is 0 Å². The van der Waals surface area contributed by atoms with Gasteiger partial charge in [-0.25, -0.2) is 0 Å². The summed E-state index contributed by atoms with van der Waals surface area (Å²) < 4.78 is 0. The fourth-order valence-corrected chi connectivity index (χ4v) is 3.91. The molecule has 1 aromatic heterocycles. The number of aromatic nitrogens is 1. The Morgan fingerprint density at radius 2 is 2.00 bits per heavy atom. The van der Waals surface area contributed by atoms with E-state index in [1.165, 1.54) is 16.0 Å². The van der Waals surface area contributed by atoms with E-state index in [1.54, 1.807) is 11.8 Å². The minimum absolute atomic E-state index is 0. The quantitative estimate of drug-likeness (QED) is 0.851. The van der Waals surface area contributed by atoms with E-state index >= 15 is 0 Å². The fourth-order valence-electron chi connectivity index (χ4n) is 2.50. The number of hydrogen-bond acceptors (Lipinski definition) is 3. The van der Waals surface area contributed by atoms with Crippen molar-refractivity contribution < 1.29 is 0 Å². The molecule has 1 N–H and O–H groups in total. The van der Waals surface area contributed by atoms with E-state index < -0.39 is 0 Å². The maximum atomic E-state index is 6.42. The number of nitrogens with zero attached hydrogens (tertiary/aromatic N) is 1. The maximum Gasteiger partial charge on any atom is 0.0544 e. The molecule has 1 aliphatic rings. The molecule has 2 heterocycles. The monoisotopic (exact) mass is 320 g/mol. The van der Waals surface area contributed by atoms with Crippen LogP contribution in [-0.4, -0.2) is 18.1 Å². The summed E-state index contributed by atoms with van der Waals surface area (Å²) in [5.74, 6) is 0.866. The highest BCUT2D eigenvalue weighted by Gasteiger charge is 2.15. The first-order valence-electron chi connectivity index (χ1n) is 6.88. The van der Waals surface area contributed by atoms with Gasteiger partial charge in [-0.15, -0.1) is 11.8 Å². The number of thioether (sulfide) groups is 1. The lowest BCUT2D eigenvalue weighted by molar-refractivity contribution is 0.709. The van der Waals surface area contributed by atoms with Crippen molar-refractivity contribution in [2.75, 3.05) is 13.1 Å². The Morgan fingerprint density at radius 3 is 2.81 bits per heavy atom. The highest BCUT2D eigenvalue weighted by Crippen LogP contribution is 2.35. The van der Waals surface area contributed by atoms with Gasteiger partial charge in [-0.05, 0) is 55.3 Å². The molecular formula is C17H21ClN2S. The van der Waals surface area contributed by atoms with Crippen LogP contribution in [-0.2, 0) is 18.6 Å². The van der Waals surface area contributed by atoms with Gasteiger partial charge in [0.05, 0.1) is 10.7 Å². The van der Waals surface area contributed by atoms with Gasteiger partial charge in [0.2, 0.25) is 0 Å². The van der Waals surface area contributed by atoms with Crippen molar-refractivity contribution >= 4 is 23.4 Å². The number of halogens is 1. The minimum Gasteiger partial charge on any atom is -0.316 e. The molecular weight excluding hydrogens is 300 g/mol. The van der Waals surface area contributed by atoms with Crippen LogP contribution in [0.5, 0.6) is 0 Å². The van der Waals surface area contributed by atoms with Crippen molar-refractivity contribution in [3.05, 3.63) is 58.4 Å². The van der Waals surface area contributed by atoms with Gasteiger partial charge in [0.1, 0.15) is 0 Å². The number of nitrogens with one attached hydrogen (secondary N) is 1. The second-order valence-electron chi connectivity index (χ2n) is 4.87. The average molecular weight is 321 g/mol. The molecule has 1 aliphatic heterocycles. The zero-order valence-electron chi connectivity index (χ0n) is 11.2. The molecule has 4 heteroatoms. The smallest absolute Gasteiger partial charge is 0.0544 e. The third-order valence-corrected chi connectivity index (χ3v) is 5.15. The molecule has 2 nitrogen and oxygen atoms in total. The molecule has 0 bridgehead atoms. The van der Waals surface area contributed by atoms with E-state index in [9.17, 15) is 0 Å². The largest absolute Gasteiger partial charge is 0.316 e. The van der Waals surface area contributed by atoms with Gasteiger partial charge in [0.25, 0.3) is 0 Å². The molecule has 0 atom stereocenters. The number of rotatable bonds is 3. The standard InChI is InChI=1S/C16H17ClN2S.CH4/c17-15-5-4-12-6-9-18-10-7-14(12)16(15)20-11-13-3-1-2-8-19-13;/h1-5,8,18H,6-7,9-11H2;1H4. The van der Waals surface area contributed by atoms with Crippen LogP contribution in [0.25, 0.3) is 0 Å². The van der Waals surface area contributed by atoms with E-state index in [-0.39, 0.29) is 7.43 Å². The van der Waals surface area contributed by atoms with E-state index in [0.717, 1.165) is 42.4 Å². The third-order valence-electron chi connectivity index (χ3n) is 3.52. The molecule has 0 spiro atoms. The Morgan fingerprint density at radius 1 is 1.14 bits per heavy atom. The maximum absolute atomic E-state index is 6.42. The Balaban J connectivity index is 0.00000161. The van der Waals surface area contributed by atoms with Crippen LogP contribution in [0.3, 0.4) is 0 Å². The van der Waals surface area contributed by atoms with Gasteiger partial charge < -0.3 is 5.32 Å². The minimum atomic E-state index is 0. The second kappa shape index (κ2) is 7.83. The van der Waals surface area contributed by atoms with Crippen molar-refractivity contribution in [2.24, 2.45) is 0 Å². The van der Waals surface area contributed by atoms with Gasteiger partial charge in [-0.3, -0.25) is 4.98 Å². The van der Waals surface area contributed by atoms with Crippen molar-refractivity contribution in [1.29, 1.82) is 0 Å². The van der Waals surface area contributed by atoms with E-state index in [1.807, 2.05) is 24.4 Å². The molecule has 3 rings (SSSR count). The molecule has 0 unspecified atom stereocenters. The summed E-state index contributed by atoms with van der Waals surface area (Å²) in [6, 6.07) is 10.2. The fraction of sp³-hybridized carbons (Fsp3) is 0.353. The predicted molar refractivity (Wildman–Crippen MR) is 92.3 cm³/mol. The first-order chi connectivity index (χ1) is 9.84. The normalized spacial score (nSPS) is 14.0. The van der Waals surface area contributed by atoms with E-state index in [2.05, 4.69) is 22.4 Å². The summed E-state index contributed by atoms with van der Waals surface area (Å²) in [4.78, 5) is 5.61. The van der Waals surface area contributed by atoms with Crippen molar-refractivity contribution in [1.82, 2.24) is 10.3 Å². The molecule has 112 valence electrons. The highest BCUT2D eigenvalue weighted by atomic mass is 35.5. The molecule has 0 fully saturated rings. The Kier molecular flexibility index (Phi) is 6.09. The first-order valence-corrected chi connectivity index (χ1v) is 8.24. The van der Waals surface area contributed by atoms with Crippen LogP contribution in [0.1, 0.15) is 24.2 Å². The zero-order valence-corrected chi connectivity index (χ0v) is 12.8. The topological polar surface area (TPSA) is 24.9 Å². The highest BCUT2D eigenvalue weighted by molar-refractivity contribution is 7.98. The Bertz CT molecular complexity index is 587. The number of fused-ring (bicyclic) bond motifs is 1. The molecule has 0 radical (unpaired) electrons. The summed E-state index contributed by atoms with van der Waals surface area (Å²) in [6.07, 6.45) is 3.98. The van der Waals surface area contributed by atoms with E-state index in [0.29, 0.717) is 0 Å². The Hall–Kier alpha value is -1.03. The van der Waals surface area contributed by atoms with Crippen LogP contribution in [0.2, 0.25) is 5.02 Å². The predicted octanol–water partition coefficient (Wildman–Crippen LogP) is 4.35. The summed E-state index contributed by atoms with van der Waals surface area (Å²) in [7, 11) is 0. The third kappa shape index (κ3) is 4.00. The molecule has 0 saturated heterocycles. The van der Waals surface area contributed by atoms with Gasteiger partial charge >= 0.3 is 0 Å². The number of benzene rings is 1. The molecule has 2 aromatic rings. The van der Waals surface area contributed by atoms with Crippen LogP contribution in [0, 0.1) is 0 Å². The summed E-state index contributed by atoms with van der Waals surface area (Å²) in [5, 5.41) is 4.32. The lowest BCUT2D eigenvalue weighted by Gasteiger charge is -2.13. The number of pyridine rings is 1.